The van der Waals surface area contributed by atoms with E-state index in [4.69, 9.17) is 0 Å². The average molecular weight is 331 g/mol. The molecule has 3 heteroatoms. The molecule has 1 aliphatic rings. The molecule has 0 fully saturated rings. The maximum atomic E-state index is 4.38. The summed E-state index contributed by atoms with van der Waals surface area (Å²) < 4.78 is 0.911. The summed E-state index contributed by atoms with van der Waals surface area (Å²) in [5.74, 6) is 0. The van der Waals surface area contributed by atoms with Crippen LogP contribution in [-0.4, -0.2) is 4.98 Å². The Morgan fingerprint density at radius 1 is 1.30 bits per heavy atom. The summed E-state index contributed by atoms with van der Waals surface area (Å²) in [4.78, 5) is 4.38. The lowest BCUT2D eigenvalue weighted by Gasteiger charge is -2.29. The number of hydrogen-bond donors (Lipinski definition) is 1. The van der Waals surface area contributed by atoms with Gasteiger partial charge in [0.15, 0.2) is 0 Å². The number of nitrogens with zero attached hydrogens (tertiary/aromatic N) is 1. The van der Waals surface area contributed by atoms with E-state index in [2.05, 4.69) is 77.3 Å². The van der Waals surface area contributed by atoms with E-state index in [0.29, 0.717) is 6.04 Å². The summed E-state index contributed by atoms with van der Waals surface area (Å²) in [5, 5.41) is 3.67. The molecule has 1 heterocycles. The second-order valence-corrected chi connectivity index (χ2v) is 7.02. The van der Waals surface area contributed by atoms with E-state index < -0.39 is 0 Å². The minimum atomic E-state index is 0.213. The second kappa shape index (κ2) is 4.88. The summed E-state index contributed by atoms with van der Waals surface area (Å²) in [7, 11) is 0. The first-order valence-corrected chi connectivity index (χ1v) is 7.73. The molecule has 1 atom stereocenters. The van der Waals surface area contributed by atoms with Crippen molar-refractivity contribution < 1.29 is 0 Å². The van der Waals surface area contributed by atoms with Crippen molar-refractivity contribution in [3.63, 3.8) is 0 Å². The van der Waals surface area contributed by atoms with Gasteiger partial charge in [-0.2, -0.15) is 0 Å². The van der Waals surface area contributed by atoms with Gasteiger partial charge in [0, 0.05) is 0 Å². The molecule has 0 aliphatic heterocycles. The molecule has 0 saturated carbocycles. The summed E-state index contributed by atoms with van der Waals surface area (Å²) >= 11 is 3.45. The third-order valence-electron chi connectivity index (χ3n) is 4.12. The van der Waals surface area contributed by atoms with Gasteiger partial charge < -0.3 is 5.32 Å². The van der Waals surface area contributed by atoms with Gasteiger partial charge in [-0.3, -0.25) is 0 Å². The largest absolute Gasteiger partial charge is 0.376 e. The molecule has 1 aliphatic carbocycles. The zero-order valence-electron chi connectivity index (χ0n) is 12.1. The van der Waals surface area contributed by atoms with Crippen LogP contribution in [0.1, 0.15) is 36.6 Å². The molecule has 1 aromatic carbocycles. The quantitative estimate of drug-likeness (QED) is 0.793. The maximum Gasteiger partial charge on any atom is 0.109 e. The lowest BCUT2D eigenvalue weighted by Crippen LogP contribution is -2.24. The molecule has 104 valence electrons. The van der Waals surface area contributed by atoms with Crippen LogP contribution in [0.2, 0.25) is 0 Å². The van der Waals surface area contributed by atoms with Crippen LogP contribution in [0.3, 0.4) is 0 Å². The Labute approximate surface area is 128 Å². The van der Waals surface area contributed by atoms with Crippen molar-refractivity contribution in [2.75, 3.05) is 5.32 Å². The number of anilines is 1. The molecular formula is C17H19BrN2. The van der Waals surface area contributed by atoms with E-state index in [1.807, 2.05) is 6.20 Å². The van der Waals surface area contributed by atoms with Gasteiger partial charge in [-0.05, 0) is 57.4 Å². The van der Waals surface area contributed by atoms with Crippen molar-refractivity contribution >= 4 is 21.6 Å². The van der Waals surface area contributed by atoms with Crippen LogP contribution in [0.4, 0.5) is 5.69 Å². The Balaban J connectivity index is 1.94. The van der Waals surface area contributed by atoms with Gasteiger partial charge in [0.1, 0.15) is 4.60 Å². The number of rotatable bonds is 2. The zero-order valence-corrected chi connectivity index (χ0v) is 13.7. The van der Waals surface area contributed by atoms with Crippen LogP contribution in [0, 0.1) is 12.3 Å². The third kappa shape index (κ3) is 2.35. The smallest absolute Gasteiger partial charge is 0.109 e. The third-order valence-corrected chi connectivity index (χ3v) is 4.95. The average Bonchev–Trinajstić information content (AvgIpc) is 2.65. The molecule has 0 saturated heterocycles. The number of benzene rings is 1. The SMILES string of the molecule is Cc1cc(NC2c3ccccc3CC2(C)C)cnc1Br. The number of pyridine rings is 1. The second-order valence-electron chi connectivity index (χ2n) is 6.27. The number of fused-ring (bicyclic) bond motifs is 1. The van der Waals surface area contributed by atoms with Crippen molar-refractivity contribution in [2.24, 2.45) is 5.41 Å². The first-order valence-electron chi connectivity index (χ1n) is 6.94. The van der Waals surface area contributed by atoms with E-state index >= 15 is 0 Å². The number of hydrogen-bond acceptors (Lipinski definition) is 2. The molecule has 1 aromatic heterocycles. The topological polar surface area (TPSA) is 24.9 Å². The molecule has 0 spiro atoms. The van der Waals surface area contributed by atoms with Gasteiger partial charge in [-0.25, -0.2) is 4.98 Å². The first kappa shape index (κ1) is 13.6. The normalized spacial score (nSPS) is 19.7. The number of nitrogens with one attached hydrogen (secondary N) is 1. The first-order chi connectivity index (χ1) is 9.47. The fourth-order valence-corrected chi connectivity index (χ4v) is 3.28. The minimum absolute atomic E-state index is 0.213. The van der Waals surface area contributed by atoms with Gasteiger partial charge in [0.25, 0.3) is 0 Å². The Morgan fingerprint density at radius 3 is 2.80 bits per heavy atom. The monoisotopic (exact) mass is 330 g/mol. The summed E-state index contributed by atoms with van der Waals surface area (Å²) in [6, 6.07) is 11.2. The van der Waals surface area contributed by atoms with E-state index in [1.54, 1.807) is 0 Å². The molecule has 20 heavy (non-hydrogen) atoms. The van der Waals surface area contributed by atoms with Crippen molar-refractivity contribution in [3.8, 4) is 0 Å². The Bertz CT molecular complexity index is 649. The molecule has 0 amide bonds. The van der Waals surface area contributed by atoms with Crippen LogP contribution in [-0.2, 0) is 6.42 Å². The van der Waals surface area contributed by atoms with Crippen molar-refractivity contribution in [1.82, 2.24) is 4.98 Å². The molecule has 0 bridgehead atoms. The maximum absolute atomic E-state index is 4.38. The molecule has 0 radical (unpaired) electrons. The van der Waals surface area contributed by atoms with Crippen molar-refractivity contribution in [2.45, 2.75) is 33.2 Å². The Morgan fingerprint density at radius 2 is 2.05 bits per heavy atom. The van der Waals surface area contributed by atoms with Gasteiger partial charge in [0.05, 0.1) is 17.9 Å². The van der Waals surface area contributed by atoms with Crippen LogP contribution < -0.4 is 5.32 Å². The van der Waals surface area contributed by atoms with Gasteiger partial charge >= 0.3 is 0 Å². The van der Waals surface area contributed by atoms with Crippen molar-refractivity contribution in [3.05, 3.63) is 57.8 Å². The highest BCUT2D eigenvalue weighted by atomic mass is 79.9. The molecule has 1 N–H and O–H groups in total. The fraction of sp³-hybridized carbons (Fsp3) is 0.353. The Hall–Kier alpha value is -1.35. The lowest BCUT2D eigenvalue weighted by atomic mass is 9.85. The summed E-state index contributed by atoms with van der Waals surface area (Å²) in [6.07, 6.45) is 3.01. The highest BCUT2D eigenvalue weighted by Gasteiger charge is 2.38. The predicted molar refractivity (Wildman–Crippen MR) is 87.0 cm³/mol. The van der Waals surface area contributed by atoms with Crippen molar-refractivity contribution in [1.29, 1.82) is 0 Å². The zero-order chi connectivity index (χ0) is 14.3. The molecule has 3 rings (SSSR count). The number of aryl methyl sites for hydroxylation is 1. The van der Waals surface area contributed by atoms with Crippen LogP contribution in [0.25, 0.3) is 0 Å². The molecular weight excluding hydrogens is 312 g/mol. The van der Waals surface area contributed by atoms with E-state index in [-0.39, 0.29) is 5.41 Å². The highest BCUT2D eigenvalue weighted by molar-refractivity contribution is 9.10. The van der Waals surface area contributed by atoms with E-state index in [0.717, 1.165) is 22.3 Å². The number of halogens is 1. The van der Waals surface area contributed by atoms with Gasteiger partial charge in [0.2, 0.25) is 0 Å². The predicted octanol–water partition coefficient (Wildman–Crippen LogP) is 4.89. The molecule has 2 aromatic rings. The minimum Gasteiger partial charge on any atom is -0.376 e. The summed E-state index contributed by atoms with van der Waals surface area (Å²) in [5.41, 5.74) is 5.32. The molecule has 1 unspecified atom stereocenters. The van der Waals surface area contributed by atoms with Gasteiger partial charge in [-0.15, -0.1) is 0 Å². The standard InChI is InChI=1S/C17H19BrN2/c1-11-8-13(10-19-16(11)18)20-15-14-7-5-4-6-12(14)9-17(15,2)3/h4-8,10,15,20H,9H2,1-3H3. The number of aromatic nitrogens is 1. The molecule has 2 nitrogen and oxygen atoms in total. The van der Waals surface area contributed by atoms with E-state index in [9.17, 15) is 0 Å². The Kier molecular flexibility index (Phi) is 3.33. The van der Waals surface area contributed by atoms with Crippen LogP contribution >= 0.6 is 15.9 Å². The van der Waals surface area contributed by atoms with E-state index in [1.165, 1.54) is 11.1 Å². The van der Waals surface area contributed by atoms with Crippen LogP contribution in [0.5, 0.6) is 0 Å². The summed E-state index contributed by atoms with van der Waals surface area (Å²) in [6.45, 7) is 6.71. The highest BCUT2D eigenvalue weighted by Crippen LogP contribution is 2.46. The van der Waals surface area contributed by atoms with Crippen LogP contribution in [0.15, 0.2) is 41.1 Å². The van der Waals surface area contributed by atoms with Gasteiger partial charge in [-0.1, -0.05) is 38.1 Å². The fourth-order valence-electron chi connectivity index (χ4n) is 3.07. The lowest BCUT2D eigenvalue weighted by molar-refractivity contribution is 0.337.